The summed E-state index contributed by atoms with van der Waals surface area (Å²) in [5.41, 5.74) is 7.73. The van der Waals surface area contributed by atoms with Crippen LogP contribution in [0.25, 0.3) is 0 Å². The molecule has 1 aliphatic carbocycles. The van der Waals surface area contributed by atoms with Crippen LogP contribution in [0.2, 0.25) is 0 Å². The lowest BCUT2D eigenvalue weighted by molar-refractivity contribution is -0.148. The van der Waals surface area contributed by atoms with E-state index in [1.807, 2.05) is 6.07 Å². The zero-order valence-corrected chi connectivity index (χ0v) is 15.4. The van der Waals surface area contributed by atoms with E-state index in [0.29, 0.717) is 25.7 Å². The second-order valence-corrected chi connectivity index (χ2v) is 7.95. The van der Waals surface area contributed by atoms with Gasteiger partial charge in [0.2, 0.25) is 11.8 Å². The molecule has 4 rings (SSSR count). The predicted octanol–water partition coefficient (Wildman–Crippen LogP) is 1.56. The maximum atomic E-state index is 13.2. The Kier molecular flexibility index (Phi) is 4.18. The molecule has 2 N–H and O–H groups in total. The molecule has 1 spiro atoms. The van der Waals surface area contributed by atoms with Gasteiger partial charge in [0.05, 0.1) is 19.8 Å². The molecule has 0 aromatic heterocycles. The van der Waals surface area contributed by atoms with E-state index < -0.39 is 11.9 Å². The highest BCUT2D eigenvalue weighted by atomic mass is 16.5. The van der Waals surface area contributed by atoms with Crippen LogP contribution in [0.1, 0.15) is 43.7 Å². The van der Waals surface area contributed by atoms with E-state index in [4.69, 9.17) is 15.2 Å². The van der Waals surface area contributed by atoms with E-state index in [9.17, 15) is 9.59 Å². The number of carbonyl (C=O) groups excluding carboxylic acids is 2. The van der Waals surface area contributed by atoms with Crippen molar-refractivity contribution in [3.63, 3.8) is 0 Å². The van der Waals surface area contributed by atoms with Crippen LogP contribution in [-0.2, 0) is 19.7 Å². The summed E-state index contributed by atoms with van der Waals surface area (Å²) in [6.07, 6.45) is 1.65. The largest absolute Gasteiger partial charge is 0.493 e. The van der Waals surface area contributed by atoms with Crippen molar-refractivity contribution in [3.8, 4) is 5.75 Å². The minimum absolute atomic E-state index is 0.0277. The summed E-state index contributed by atoms with van der Waals surface area (Å²) < 4.78 is 11.2. The Balaban J connectivity index is 1.62. The molecule has 2 heterocycles. The first kappa shape index (κ1) is 17.3. The van der Waals surface area contributed by atoms with Crippen LogP contribution in [0.3, 0.4) is 0 Å². The highest BCUT2D eigenvalue weighted by Gasteiger charge is 2.62. The smallest absolute Gasteiger partial charge is 0.242 e. The molecule has 26 heavy (non-hydrogen) atoms. The number of ether oxygens (including phenoxy) is 2. The molecule has 3 atom stereocenters. The maximum absolute atomic E-state index is 13.2. The number of amides is 2. The molecule has 3 aliphatic rings. The van der Waals surface area contributed by atoms with Crippen LogP contribution >= 0.6 is 0 Å². The minimum atomic E-state index is -0.657. The van der Waals surface area contributed by atoms with E-state index in [0.717, 1.165) is 24.2 Å². The highest BCUT2D eigenvalue weighted by molar-refractivity contribution is 5.90. The summed E-state index contributed by atoms with van der Waals surface area (Å²) >= 11 is 0. The summed E-state index contributed by atoms with van der Waals surface area (Å²) in [5.74, 6) is 0.740. The van der Waals surface area contributed by atoms with E-state index in [2.05, 4.69) is 26.0 Å². The van der Waals surface area contributed by atoms with Crippen molar-refractivity contribution in [1.29, 1.82) is 0 Å². The maximum Gasteiger partial charge on any atom is 0.242 e. The molecular weight excluding hydrogens is 332 g/mol. The Labute approximate surface area is 153 Å². The summed E-state index contributed by atoms with van der Waals surface area (Å²) in [5, 5.41) is 0. The third kappa shape index (κ3) is 2.67. The molecule has 6 heteroatoms. The van der Waals surface area contributed by atoms with E-state index in [-0.39, 0.29) is 23.8 Å². The molecule has 2 amide bonds. The van der Waals surface area contributed by atoms with Gasteiger partial charge in [-0.05, 0) is 30.4 Å². The molecule has 0 bridgehead atoms. The Bertz CT molecular complexity index is 747. The van der Waals surface area contributed by atoms with Crippen molar-refractivity contribution in [2.45, 2.75) is 44.1 Å². The van der Waals surface area contributed by atoms with E-state index in [1.165, 1.54) is 5.56 Å². The van der Waals surface area contributed by atoms with Crippen LogP contribution < -0.4 is 10.5 Å². The number of fused-ring (bicyclic) bond motifs is 2. The normalized spacial score (nSPS) is 30.0. The lowest BCUT2D eigenvalue weighted by Crippen LogP contribution is -2.55. The summed E-state index contributed by atoms with van der Waals surface area (Å²) in [4.78, 5) is 26.6. The Morgan fingerprint density at radius 2 is 2.12 bits per heavy atom. The third-order valence-corrected chi connectivity index (χ3v) is 6.13. The molecule has 1 aromatic rings. The van der Waals surface area contributed by atoms with Gasteiger partial charge in [-0.15, -0.1) is 0 Å². The number of hydrogen-bond acceptors (Lipinski definition) is 4. The fraction of sp³-hybridized carbons (Fsp3) is 0.600. The highest BCUT2D eigenvalue weighted by Crippen LogP contribution is 2.61. The van der Waals surface area contributed by atoms with Crippen molar-refractivity contribution in [1.82, 2.24) is 4.90 Å². The Morgan fingerprint density at radius 1 is 1.31 bits per heavy atom. The van der Waals surface area contributed by atoms with Crippen molar-refractivity contribution < 1.29 is 19.1 Å². The number of benzene rings is 1. The van der Waals surface area contributed by atoms with Gasteiger partial charge in [-0.2, -0.15) is 0 Å². The first-order valence-electron chi connectivity index (χ1n) is 9.39. The lowest BCUT2D eigenvalue weighted by atomic mass is 9.84. The standard InChI is InChI=1S/C20H26N2O4/c1-12(2)13-3-4-17-14(9-13)20(5-7-26-17)10-15(20)19(24)22-6-8-25-11-16(22)18(21)23/h3-4,9,12,15-16H,5-8,10-11H2,1-2H3,(H2,21,23)/t15-,16+,20-/m0/s1. The first-order chi connectivity index (χ1) is 12.4. The van der Waals surface area contributed by atoms with Crippen LogP contribution in [0.4, 0.5) is 0 Å². The number of morpholine rings is 1. The van der Waals surface area contributed by atoms with Gasteiger partial charge in [-0.25, -0.2) is 0 Å². The molecule has 0 unspecified atom stereocenters. The minimum Gasteiger partial charge on any atom is -0.493 e. The second kappa shape index (κ2) is 6.27. The summed E-state index contributed by atoms with van der Waals surface area (Å²) in [6, 6.07) is 5.69. The second-order valence-electron chi connectivity index (χ2n) is 7.95. The van der Waals surface area contributed by atoms with Gasteiger partial charge in [-0.3, -0.25) is 9.59 Å². The van der Waals surface area contributed by atoms with E-state index >= 15 is 0 Å². The number of rotatable bonds is 3. The van der Waals surface area contributed by atoms with Gasteiger partial charge in [-0.1, -0.05) is 26.0 Å². The van der Waals surface area contributed by atoms with Gasteiger partial charge in [0.25, 0.3) is 0 Å². The molecule has 0 radical (unpaired) electrons. The predicted molar refractivity (Wildman–Crippen MR) is 95.9 cm³/mol. The third-order valence-electron chi connectivity index (χ3n) is 6.13. The van der Waals surface area contributed by atoms with E-state index in [1.54, 1.807) is 4.90 Å². The summed E-state index contributed by atoms with van der Waals surface area (Å²) in [7, 11) is 0. The van der Waals surface area contributed by atoms with Crippen molar-refractivity contribution in [3.05, 3.63) is 29.3 Å². The average Bonchev–Trinajstić information content (AvgIpc) is 3.35. The number of primary amides is 1. The monoisotopic (exact) mass is 358 g/mol. The van der Waals surface area contributed by atoms with Gasteiger partial charge >= 0.3 is 0 Å². The number of carbonyl (C=O) groups is 2. The SMILES string of the molecule is CC(C)c1ccc2c(c1)[C@]1(CCO2)C[C@H]1C(=O)N1CCOC[C@@H]1C(N)=O. The molecule has 140 valence electrons. The Morgan fingerprint density at radius 3 is 2.85 bits per heavy atom. The molecule has 2 aliphatic heterocycles. The zero-order chi connectivity index (χ0) is 18.5. The molecule has 2 fully saturated rings. The number of nitrogens with zero attached hydrogens (tertiary/aromatic N) is 1. The molecule has 1 saturated carbocycles. The Hall–Kier alpha value is -2.08. The molecule has 6 nitrogen and oxygen atoms in total. The number of hydrogen-bond donors (Lipinski definition) is 1. The fourth-order valence-electron chi connectivity index (χ4n) is 4.41. The molecule has 1 saturated heterocycles. The van der Waals surface area contributed by atoms with Crippen LogP contribution in [0, 0.1) is 5.92 Å². The van der Waals surface area contributed by atoms with Crippen LogP contribution in [0.15, 0.2) is 18.2 Å². The lowest BCUT2D eigenvalue weighted by Gasteiger charge is -2.35. The first-order valence-corrected chi connectivity index (χ1v) is 9.39. The molecule has 1 aromatic carbocycles. The van der Waals surface area contributed by atoms with Crippen LogP contribution in [-0.4, -0.2) is 49.1 Å². The molecular formula is C20H26N2O4. The van der Waals surface area contributed by atoms with Crippen molar-refractivity contribution in [2.75, 3.05) is 26.4 Å². The van der Waals surface area contributed by atoms with Crippen molar-refractivity contribution in [2.24, 2.45) is 11.7 Å². The zero-order valence-electron chi connectivity index (χ0n) is 15.4. The van der Waals surface area contributed by atoms with Gasteiger partial charge < -0.3 is 20.1 Å². The van der Waals surface area contributed by atoms with Crippen molar-refractivity contribution >= 4 is 11.8 Å². The summed E-state index contributed by atoms with van der Waals surface area (Å²) in [6.45, 7) is 6.02. The quantitative estimate of drug-likeness (QED) is 0.889. The van der Waals surface area contributed by atoms with Gasteiger partial charge in [0, 0.05) is 23.4 Å². The van der Waals surface area contributed by atoms with Gasteiger partial charge in [0.1, 0.15) is 11.8 Å². The fourth-order valence-corrected chi connectivity index (χ4v) is 4.41. The average molecular weight is 358 g/mol. The number of nitrogens with two attached hydrogens (primary N) is 1. The van der Waals surface area contributed by atoms with Gasteiger partial charge in [0.15, 0.2) is 0 Å². The topological polar surface area (TPSA) is 81.9 Å². The van der Waals surface area contributed by atoms with Crippen LogP contribution in [0.5, 0.6) is 5.75 Å².